The summed E-state index contributed by atoms with van der Waals surface area (Å²) in [5.74, 6) is -0.314. The van der Waals surface area contributed by atoms with Crippen LogP contribution in [0.25, 0.3) is 26.8 Å². The number of hydrogen-bond donors (Lipinski definition) is 0. The number of esters is 1. The number of carbonyl (C=O) groups is 1. The van der Waals surface area contributed by atoms with Gasteiger partial charge in [-0.15, -0.1) is 0 Å². The van der Waals surface area contributed by atoms with Crippen LogP contribution in [-0.4, -0.2) is 53.5 Å². The van der Waals surface area contributed by atoms with E-state index in [-0.39, 0.29) is 5.97 Å². The van der Waals surface area contributed by atoms with Crippen molar-refractivity contribution in [3.8, 4) is 21.8 Å². The van der Waals surface area contributed by atoms with Gasteiger partial charge in [0, 0.05) is 29.9 Å². The van der Waals surface area contributed by atoms with Crippen molar-refractivity contribution in [2.24, 2.45) is 0 Å². The van der Waals surface area contributed by atoms with Crippen LogP contribution in [0.2, 0.25) is 0 Å². The molecule has 0 amide bonds. The van der Waals surface area contributed by atoms with E-state index in [9.17, 15) is 4.79 Å². The number of anilines is 1. The monoisotopic (exact) mass is 434 g/mol. The van der Waals surface area contributed by atoms with Crippen LogP contribution in [0.5, 0.6) is 0 Å². The molecule has 31 heavy (non-hydrogen) atoms. The molecule has 1 fully saturated rings. The first kappa shape index (κ1) is 19.7. The van der Waals surface area contributed by atoms with Crippen molar-refractivity contribution < 1.29 is 14.3 Å². The molecule has 1 aliphatic heterocycles. The highest BCUT2D eigenvalue weighted by atomic mass is 32.1. The summed E-state index contributed by atoms with van der Waals surface area (Å²) < 4.78 is 12.3. The second-order valence-corrected chi connectivity index (χ2v) is 8.16. The van der Waals surface area contributed by atoms with Gasteiger partial charge in [0.2, 0.25) is 4.96 Å². The zero-order chi connectivity index (χ0) is 21.2. The molecular formula is C23H22N4O3S. The molecule has 4 aromatic rings. The number of morpholine rings is 1. The number of benzene rings is 2. The van der Waals surface area contributed by atoms with E-state index in [2.05, 4.69) is 29.2 Å². The number of aromatic nitrogens is 3. The normalized spacial score (nSPS) is 14.2. The van der Waals surface area contributed by atoms with E-state index in [0.29, 0.717) is 12.2 Å². The fraction of sp³-hybridized carbons (Fsp3) is 0.261. The summed E-state index contributed by atoms with van der Waals surface area (Å²) in [4.78, 5) is 19.7. The maximum absolute atomic E-state index is 11.8. The molecule has 2 aromatic heterocycles. The minimum atomic E-state index is -0.314. The zero-order valence-corrected chi connectivity index (χ0v) is 18.0. The van der Waals surface area contributed by atoms with Crippen molar-refractivity contribution in [1.82, 2.24) is 14.6 Å². The van der Waals surface area contributed by atoms with Crippen LogP contribution in [0.15, 0.2) is 54.7 Å². The summed E-state index contributed by atoms with van der Waals surface area (Å²) in [6, 6.07) is 15.8. The lowest BCUT2D eigenvalue weighted by molar-refractivity contribution is 0.0526. The summed E-state index contributed by atoms with van der Waals surface area (Å²) in [6.45, 7) is 5.56. The van der Waals surface area contributed by atoms with Gasteiger partial charge in [0.25, 0.3) is 0 Å². The largest absolute Gasteiger partial charge is 0.462 e. The molecule has 1 saturated heterocycles. The molecule has 0 saturated carbocycles. The molecule has 0 atom stereocenters. The second-order valence-electron chi connectivity index (χ2n) is 7.20. The van der Waals surface area contributed by atoms with Gasteiger partial charge >= 0.3 is 5.97 Å². The van der Waals surface area contributed by atoms with Crippen LogP contribution in [0.4, 0.5) is 5.69 Å². The Hall–Kier alpha value is -3.23. The van der Waals surface area contributed by atoms with E-state index < -0.39 is 0 Å². The third-order valence-electron chi connectivity index (χ3n) is 5.23. The number of imidazole rings is 1. The first-order valence-electron chi connectivity index (χ1n) is 10.3. The Bertz CT molecular complexity index is 1160. The Morgan fingerprint density at radius 1 is 1.06 bits per heavy atom. The maximum Gasteiger partial charge on any atom is 0.338 e. The molecule has 0 N–H and O–H groups in total. The standard InChI is InChI=1S/C23H22N4O3S/c1-2-30-22(28)18-5-3-16(4-6-18)20-15-27-23(24-20)31-21(25-27)17-7-9-19(10-8-17)26-11-13-29-14-12-26/h3-10,15H,2,11-14H2,1H3. The van der Waals surface area contributed by atoms with E-state index in [4.69, 9.17) is 19.6 Å². The topological polar surface area (TPSA) is 69.0 Å². The van der Waals surface area contributed by atoms with Crippen molar-refractivity contribution >= 4 is 28.0 Å². The molecule has 0 radical (unpaired) electrons. The molecule has 0 unspecified atom stereocenters. The molecule has 7 nitrogen and oxygen atoms in total. The van der Waals surface area contributed by atoms with Crippen molar-refractivity contribution in [2.45, 2.75) is 6.92 Å². The molecular weight excluding hydrogens is 412 g/mol. The van der Waals surface area contributed by atoms with Crippen molar-refractivity contribution in [3.05, 3.63) is 60.3 Å². The molecule has 0 bridgehead atoms. The highest BCUT2D eigenvalue weighted by molar-refractivity contribution is 7.19. The first-order valence-corrected chi connectivity index (χ1v) is 11.1. The van der Waals surface area contributed by atoms with Crippen LogP contribution in [0, 0.1) is 0 Å². The van der Waals surface area contributed by atoms with Crippen LogP contribution >= 0.6 is 11.3 Å². The molecule has 0 aliphatic carbocycles. The fourth-order valence-electron chi connectivity index (χ4n) is 3.58. The van der Waals surface area contributed by atoms with Gasteiger partial charge in [0.15, 0.2) is 0 Å². The Kier molecular flexibility index (Phi) is 5.40. The number of rotatable bonds is 5. The summed E-state index contributed by atoms with van der Waals surface area (Å²) in [6.07, 6.45) is 1.91. The fourth-order valence-corrected chi connectivity index (χ4v) is 4.47. The van der Waals surface area contributed by atoms with Gasteiger partial charge in [-0.25, -0.2) is 14.3 Å². The van der Waals surface area contributed by atoms with Gasteiger partial charge in [0.05, 0.1) is 37.3 Å². The van der Waals surface area contributed by atoms with Crippen LogP contribution in [-0.2, 0) is 9.47 Å². The van der Waals surface area contributed by atoms with Crippen molar-refractivity contribution in [3.63, 3.8) is 0 Å². The van der Waals surface area contributed by atoms with E-state index in [1.165, 1.54) is 5.69 Å². The molecule has 2 aromatic carbocycles. The Morgan fingerprint density at radius 3 is 2.45 bits per heavy atom. The van der Waals surface area contributed by atoms with Gasteiger partial charge in [0.1, 0.15) is 5.01 Å². The predicted molar refractivity (Wildman–Crippen MR) is 121 cm³/mol. The van der Waals surface area contributed by atoms with Gasteiger partial charge in [-0.2, -0.15) is 5.10 Å². The van der Waals surface area contributed by atoms with E-state index in [0.717, 1.165) is 53.1 Å². The first-order chi connectivity index (χ1) is 15.2. The van der Waals surface area contributed by atoms with Gasteiger partial charge < -0.3 is 14.4 Å². The second kappa shape index (κ2) is 8.49. The van der Waals surface area contributed by atoms with E-state index >= 15 is 0 Å². The lowest BCUT2D eigenvalue weighted by Crippen LogP contribution is -2.36. The summed E-state index contributed by atoms with van der Waals surface area (Å²) >= 11 is 1.55. The number of carbonyl (C=O) groups excluding carboxylic acids is 1. The minimum Gasteiger partial charge on any atom is -0.462 e. The van der Waals surface area contributed by atoms with E-state index in [1.807, 2.05) is 22.8 Å². The van der Waals surface area contributed by atoms with Crippen LogP contribution in [0.1, 0.15) is 17.3 Å². The summed E-state index contributed by atoms with van der Waals surface area (Å²) in [5.41, 5.74) is 4.58. The van der Waals surface area contributed by atoms with Gasteiger partial charge in [-0.1, -0.05) is 23.5 Å². The molecule has 0 spiro atoms. The summed E-state index contributed by atoms with van der Waals surface area (Å²) in [5, 5.41) is 5.64. The Balaban J connectivity index is 1.34. The molecule has 3 heterocycles. The van der Waals surface area contributed by atoms with Crippen LogP contribution < -0.4 is 4.90 Å². The van der Waals surface area contributed by atoms with Crippen LogP contribution in [0.3, 0.4) is 0 Å². The molecule has 8 heteroatoms. The maximum atomic E-state index is 11.8. The number of fused-ring (bicyclic) bond motifs is 1. The highest BCUT2D eigenvalue weighted by Gasteiger charge is 2.14. The quantitative estimate of drug-likeness (QED) is 0.440. The predicted octanol–water partition coefficient (Wildman–Crippen LogP) is 4.14. The molecule has 1 aliphatic rings. The number of hydrogen-bond acceptors (Lipinski definition) is 7. The summed E-state index contributed by atoms with van der Waals surface area (Å²) in [7, 11) is 0. The zero-order valence-electron chi connectivity index (χ0n) is 17.2. The molecule has 158 valence electrons. The lowest BCUT2D eigenvalue weighted by atomic mass is 10.1. The Labute approximate surface area is 183 Å². The third-order valence-corrected chi connectivity index (χ3v) is 6.20. The molecule has 5 rings (SSSR count). The minimum absolute atomic E-state index is 0.314. The number of ether oxygens (including phenoxy) is 2. The van der Waals surface area contributed by atoms with E-state index in [1.54, 1.807) is 30.4 Å². The number of nitrogens with zero attached hydrogens (tertiary/aromatic N) is 4. The highest BCUT2D eigenvalue weighted by Crippen LogP contribution is 2.29. The third kappa shape index (κ3) is 4.04. The Morgan fingerprint density at radius 2 is 1.77 bits per heavy atom. The smallest absolute Gasteiger partial charge is 0.338 e. The van der Waals surface area contributed by atoms with Crippen molar-refractivity contribution in [1.29, 1.82) is 0 Å². The SMILES string of the molecule is CCOC(=O)c1ccc(-c2cn3nc(-c4ccc(N5CCOCC5)cc4)sc3n2)cc1. The lowest BCUT2D eigenvalue weighted by Gasteiger charge is -2.28. The average Bonchev–Trinajstić information content (AvgIpc) is 3.40. The van der Waals surface area contributed by atoms with Crippen molar-refractivity contribution in [2.75, 3.05) is 37.8 Å². The average molecular weight is 435 g/mol. The van der Waals surface area contributed by atoms with Gasteiger partial charge in [-0.05, 0) is 43.3 Å². The van der Waals surface area contributed by atoms with Gasteiger partial charge in [-0.3, -0.25) is 0 Å².